The van der Waals surface area contributed by atoms with Crippen LogP contribution in [0.25, 0.3) is 0 Å². The Labute approximate surface area is 118 Å². The summed E-state index contributed by atoms with van der Waals surface area (Å²) in [5.41, 5.74) is 2.04. The van der Waals surface area contributed by atoms with Crippen molar-refractivity contribution in [3.8, 4) is 0 Å². The molecule has 1 saturated carbocycles. The number of aromatic nitrogens is 1. The monoisotopic (exact) mass is 279 g/mol. The lowest BCUT2D eigenvalue weighted by atomic mass is 10.1. The summed E-state index contributed by atoms with van der Waals surface area (Å²) in [6.07, 6.45) is 1.84. The standard InChI is InChI=1S/C14H21N3O3/c1-9-12(10(2)20-16-9)7-17-5-6-19-13(8-17)14(18)15-11-3-4-11/h11,13H,3-8H2,1-2H3,(H,15,18). The lowest BCUT2D eigenvalue weighted by molar-refractivity contribution is -0.138. The summed E-state index contributed by atoms with van der Waals surface area (Å²) < 4.78 is 10.8. The number of aryl methyl sites for hydroxylation is 2. The van der Waals surface area contributed by atoms with E-state index in [4.69, 9.17) is 9.26 Å². The van der Waals surface area contributed by atoms with Crippen LogP contribution in [-0.2, 0) is 16.1 Å². The number of carbonyl (C=O) groups excluding carboxylic acids is 1. The minimum Gasteiger partial charge on any atom is -0.366 e. The molecule has 0 spiro atoms. The van der Waals surface area contributed by atoms with Crippen molar-refractivity contribution >= 4 is 5.91 Å². The third-order valence-electron chi connectivity index (χ3n) is 3.93. The van der Waals surface area contributed by atoms with Gasteiger partial charge in [0.1, 0.15) is 11.9 Å². The molecule has 1 aromatic heterocycles. The number of rotatable bonds is 4. The molecule has 1 atom stereocenters. The first-order valence-electron chi connectivity index (χ1n) is 7.19. The van der Waals surface area contributed by atoms with Crippen molar-refractivity contribution in [3.63, 3.8) is 0 Å². The van der Waals surface area contributed by atoms with E-state index in [-0.39, 0.29) is 12.0 Å². The van der Waals surface area contributed by atoms with Crippen LogP contribution in [0.15, 0.2) is 4.52 Å². The van der Waals surface area contributed by atoms with Crippen LogP contribution in [-0.4, -0.2) is 47.8 Å². The van der Waals surface area contributed by atoms with Gasteiger partial charge in [-0.2, -0.15) is 0 Å². The second-order valence-electron chi connectivity index (χ2n) is 5.68. The molecule has 0 radical (unpaired) electrons. The fourth-order valence-corrected chi connectivity index (χ4v) is 2.48. The van der Waals surface area contributed by atoms with E-state index < -0.39 is 0 Å². The summed E-state index contributed by atoms with van der Waals surface area (Å²) >= 11 is 0. The minimum atomic E-state index is -0.357. The van der Waals surface area contributed by atoms with E-state index >= 15 is 0 Å². The van der Waals surface area contributed by atoms with Crippen LogP contribution in [0.4, 0.5) is 0 Å². The number of carbonyl (C=O) groups is 1. The van der Waals surface area contributed by atoms with E-state index in [1.165, 1.54) is 0 Å². The lowest BCUT2D eigenvalue weighted by Gasteiger charge is -2.32. The molecule has 1 amide bonds. The normalized spacial score (nSPS) is 23.8. The highest BCUT2D eigenvalue weighted by atomic mass is 16.5. The number of hydrogen-bond donors (Lipinski definition) is 1. The Kier molecular flexibility index (Phi) is 3.76. The van der Waals surface area contributed by atoms with Gasteiger partial charge in [-0.05, 0) is 26.7 Å². The highest BCUT2D eigenvalue weighted by molar-refractivity contribution is 5.81. The average molecular weight is 279 g/mol. The number of amides is 1. The fourth-order valence-electron chi connectivity index (χ4n) is 2.48. The molecule has 2 heterocycles. The van der Waals surface area contributed by atoms with E-state index in [1.807, 2.05) is 13.8 Å². The second-order valence-corrected chi connectivity index (χ2v) is 5.68. The Balaban J connectivity index is 1.58. The second kappa shape index (κ2) is 5.54. The Hall–Kier alpha value is -1.40. The van der Waals surface area contributed by atoms with Crippen LogP contribution in [0.1, 0.15) is 29.9 Å². The van der Waals surface area contributed by atoms with Gasteiger partial charge in [-0.15, -0.1) is 0 Å². The van der Waals surface area contributed by atoms with Gasteiger partial charge in [-0.1, -0.05) is 5.16 Å². The molecule has 2 aliphatic rings. The molecule has 110 valence electrons. The Morgan fingerprint density at radius 2 is 2.25 bits per heavy atom. The molecule has 1 aliphatic heterocycles. The zero-order valence-corrected chi connectivity index (χ0v) is 12.0. The number of morpholine rings is 1. The Morgan fingerprint density at radius 3 is 2.90 bits per heavy atom. The van der Waals surface area contributed by atoms with Crippen molar-refractivity contribution in [2.24, 2.45) is 0 Å². The summed E-state index contributed by atoms with van der Waals surface area (Å²) in [4.78, 5) is 14.3. The highest BCUT2D eigenvalue weighted by Crippen LogP contribution is 2.20. The maximum absolute atomic E-state index is 12.0. The zero-order chi connectivity index (χ0) is 14.1. The van der Waals surface area contributed by atoms with Crippen molar-refractivity contribution in [3.05, 3.63) is 17.0 Å². The van der Waals surface area contributed by atoms with Gasteiger partial charge in [0, 0.05) is 31.2 Å². The number of nitrogens with zero attached hydrogens (tertiary/aromatic N) is 2. The molecule has 1 aromatic rings. The highest BCUT2D eigenvalue weighted by Gasteiger charge is 2.31. The average Bonchev–Trinajstić information content (AvgIpc) is 3.20. The number of nitrogens with one attached hydrogen (secondary N) is 1. The summed E-state index contributed by atoms with van der Waals surface area (Å²) in [7, 11) is 0. The smallest absolute Gasteiger partial charge is 0.250 e. The van der Waals surface area contributed by atoms with Crippen molar-refractivity contribution in [1.29, 1.82) is 0 Å². The van der Waals surface area contributed by atoms with Crippen LogP contribution in [0, 0.1) is 13.8 Å². The molecule has 20 heavy (non-hydrogen) atoms. The number of ether oxygens (including phenoxy) is 1. The van der Waals surface area contributed by atoms with Crippen molar-refractivity contribution in [2.75, 3.05) is 19.7 Å². The van der Waals surface area contributed by atoms with E-state index in [1.54, 1.807) is 0 Å². The molecule has 6 heteroatoms. The molecule has 0 bridgehead atoms. The van der Waals surface area contributed by atoms with Crippen LogP contribution in [0.5, 0.6) is 0 Å². The fraction of sp³-hybridized carbons (Fsp3) is 0.714. The summed E-state index contributed by atoms with van der Waals surface area (Å²) in [5, 5.41) is 6.98. The third kappa shape index (κ3) is 3.02. The molecule has 3 rings (SSSR count). The van der Waals surface area contributed by atoms with E-state index in [9.17, 15) is 4.79 Å². The quantitative estimate of drug-likeness (QED) is 0.882. The molecular formula is C14H21N3O3. The molecule has 2 fully saturated rings. The van der Waals surface area contributed by atoms with Crippen molar-refractivity contribution < 1.29 is 14.1 Å². The van der Waals surface area contributed by atoms with Crippen LogP contribution in [0.3, 0.4) is 0 Å². The number of hydrogen-bond acceptors (Lipinski definition) is 5. The zero-order valence-electron chi connectivity index (χ0n) is 12.0. The Bertz CT molecular complexity index is 476. The largest absolute Gasteiger partial charge is 0.366 e. The van der Waals surface area contributed by atoms with Gasteiger partial charge in [0.15, 0.2) is 0 Å². The predicted molar refractivity (Wildman–Crippen MR) is 72.2 cm³/mol. The molecule has 1 unspecified atom stereocenters. The maximum Gasteiger partial charge on any atom is 0.250 e. The summed E-state index contributed by atoms with van der Waals surface area (Å²) in [5.74, 6) is 0.879. The van der Waals surface area contributed by atoms with Gasteiger partial charge >= 0.3 is 0 Å². The maximum atomic E-state index is 12.0. The lowest BCUT2D eigenvalue weighted by Crippen LogP contribution is -2.49. The van der Waals surface area contributed by atoms with Gasteiger partial charge in [-0.3, -0.25) is 9.69 Å². The van der Waals surface area contributed by atoms with Gasteiger partial charge in [0.2, 0.25) is 0 Å². The first-order valence-corrected chi connectivity index (χ1v) is 7.19. The molecule has 1 N–H and O–H groups in total. The van der Waals surface area contributed by atoms with Crippen molar-refractivity contribution in [2.45, 2.75) is 45.4 Å². The Morgan fingerprint density at radius 1 is 1.45 bits per heavy atom. The van der Waals surface area contributed by atoms with Gasteiger partial charge < -0.3 is 14.6 Å². The SMILES string of the molecule is Cc1noc(C)c1CN1CCOC(C(=O)NC2CC2)C1. The molecular weight excluding hydrogens is 258 g/mol. The summed E-state index contributed by atoms with van der Waals surface area (Å²) in [6, 6.07) is 0.379. The van der Waals surface area contributed by atoms with Gasteiger partial charge in [0.25, 0.3) is 5.91 Å². The summed E-state index contributed by atoms with van der Waals surface area (Å²) in [6.45, 7) is 6.68. The van der Waals surface area contributed by atoms with Crippen LogP contribution < -0.4 is 5.32 Å². The first kappa shape index (κ1) is 13.6. The van der Waals surface area contributed by atoms with E-state index in [0.717, 1.165) is 42.9 Å². The van der Waals surface area contributed by atoms with E-state index in [2.05, 4.69) is 15.4 Å². The molecule has 0 aromatic carbocycles. The van der Waals surface area contributed by atoms with Gasteiger partial charge in [0.05, 0.1) is 12.3 Å². The topological polar surface area (TPSA) is 67.6 Å². The van der Waals surface area contributed by atoms with Crippen molar-refractivity contribution in [1.82, 2.24) is 15.4 Å². The first-order chi connectivity index (χ1) is 9.63. The molecule has 6 nitrogen and oxygen atoms in total. The predicted octanol–water partition coefficient (Wildman–Crippen LogP) is 0.771. The van der Waals surface area contributed by atoms with Crippen LogP contribution >= 0.6 is 0 Å². The minimum absolute atomic E-state index is 0.0240. The van der Waals surface area contributed by atoms with E-state index in [0.29, 0.717) is 19.2 Å². The molecule has 1 saturated heterocycles. The van der Waals surface area contributed by atoms with Gasteiger partial charge in [-0.25, -0.2) is 0 Å². The third-order valence-corrected chi connectivity index (χ3v) is 3.93. The molecule has 1 aliphatic carbocycles. The van der Waals surface area contributed by atoms with Crippen LogP contribution in [0.2, 0.25) is 0 Å².